The van der Waals surface area contributed by atoms with Crippen molar-refractivity contribution in [3.8, 4) is 0 Å². The van der Waals surface area contributed by atoms with E-state index in [1.54, 1.807) is 0 Å². The summed E-state index contributed by atoms with van der Waals surface area (Å²) in [6.07, 6.45) is 6.56. The van der Waals surface area contributed by atoms with Crippen LogP contribution in [0.15, 0.2) is 67.0 Å². The Hall–Kier alpha value is -2.72. The van der Waals surface area contributed by atoms with Crippen LogP contribution in [0.4, 0.5) is 0 Å². The average Bonchev–Trinajstić information content (AvgIpc) is 2.79. The first-order chi connectivity index (χ1) is 14.7. The molecule has 4 heteroatoms. The molecule has 0 radical (unpaired) electrons. The van der Waals surface area contributed by atoms with Crippen molar-refractivity contribution in [3.63, 3.8) is 0 Å². The van der Waals surface area contributed by atoms with Crippen LogP contribution in [0.3, 0.4) is 0 Å². The topological polar surface area (TPSA) is 45.2 Å². The first-order valence-corrected chi connectivity index (χ1v) is 11.1. The summed E-state index contributed by atoms with van der Waals surface area (Å²) in [5.74, 6) is 1.22. The van der Waals surface area contributed by atoms with Gasteiger partial charge in [0.15, 0.2) is 0 Å². The molecule has 4 rings (SSSR count). The lowest BCUT2D eigenvalue weighted by Crippen LogP contribution is -2.41. The molecule has 0 bridgehead atoms. The zero-order valence-electron chi connectivity index (χ0n) is 17.8. The Balaban J connectivity index is 1.30. The lowest BCUT2D eigenvalue weighted by atomic mass is 9.81. The predicted molar refractivity (Wildman–Crippen MR) is 122 cm³/mol. The van der Waals surface area contributed by atoms with Gasteiger partial charge in [0, 0.05) is 38.4 Å². The molecule has 156 valence electrons. The standard InChI is InChI=1S/C26H31N3O/c1-2-21-19-29(18-20-10-13-27-14-11-20)15-12-23(21)16-26(30)28-17-24-8-5-7-22-6-3-4-9-25(22)24/h3-11,13-14,21,23H,2,12,15-19H2,1H3,(H,28,30). The molecule has 0 aliphatic carbocycles. The highest BCUT2D eigenvalue weighted by atomic mass is 16.1. The number of nitrogens with zero attached hydrogens (tertiary/aromatic N) is 2. The molecule has 2 unspecified atom stereocenters. The fourth-order valence-corrected chi connectivity index (χ4v) is 4.73. The Morgan fingerprint density at radius 1 is 1.07 bits per heavy atom. The molecule has 1 aromatic heterocycles. The highest BCUT2D eigenvalue weighted by Crippen LogP contribution is 2.30. The number of amides is 1. The summed E-state index contributed by atoms with van der Waals surface area (Å²) in [7, 11) is 0. The fraction of sp³-hybridized carbons (Fsp3) is 0.385. The summed E-state index contributed by atoms with van der Waals surface area (Å²) in [5.41, 5.74) is 2.49. The van der Waals surface area contributed by atoms with Crippen LogP contribution >= 0.6 is 0 Å². The molecule has 3 aromatic rings. The zero-order valence-corrected chi connectivity index (χ0v) is 17.8. The van der Waals surface area contributed by atoms with Crippen LogP contribution < -0.4 is 5.32 Å². The number of hydrogen-bond donors (Lipinski definition) is 1. The van der Waals surface area contributed by atoms with Crippen molar-refractivity contribution in [2.75, 3.05) is 13.1 Å². The SMILES string of the molecule is CCC1CN(Cc2ccncc2)CCC1CC(=O)NCc1cccc2ccccc12. The molecule has 1 aliphatic heterocycles. The van der Waals surface area contributed by atoms with Gasteiger partial charge in [-0.1, -0.05) is 55.8 Å². The summed E-state index contributed by atoms with van der Waals surface area (Å²) in [6.45, 7) is 5.94. The van der Waals surface area contributed by atoms with E-state index in [0.29, 0.717) is 24.8 Å². The number of aromatic nitrogens is 1. The van der Waals surface area contributed by atoms with Gasteiger partial charge in [-0.3, -0.25) is 14.7 Å². The number of carbonyl (C=O) groups excluding carboxylic acids is 1. The van der Waals surface area contributed by atoms with E-state index in [4.69, 9.17) is 0 Å². The molecule has 2 heterocycles. The molecular weight excluding hydrogens is 370 g/mol. The normalized spacial score (nSPS) is 19.6. The third-order valence-corrected chi connectivity index (χ3v) is 6.46. The van der Waals surface area contributed by atoms with Crippen LogP contribution in [0.5, 0.6) is 0 Å². The number of likely N-dealkylation sites (tertiary alicyclic amines) is 1. The van der Waals surface area contributed by atoms with Gasteiger partial charge in [-0.15, -0.1) is 0 Å². The van der Waals surface area contributed by atoms with E-state index in [9.17, 15) is 4.79 Å². The van der Waals surface area contributed by atoms with E-state index in [1.807, 2.05) is 12.4 Å². The second kappa shape index (κ2) is 9.86. The van der Waals surface area contributed by atoms with E-state index >= 15 is 0 Å². The molecule has 1 fully saturated rings. The Kier molecular flexibility index (Phi) is 6.75. The van der Waals surface area contributed by atoms with Gasteiger partial charge in [0.1, 0.15) is 0 Å². The van der Waals surface area contributed by atoms with Gasteiger partial charge in [0.25, 0.3) is 0 Å². The molecule has 1 aliphatic rings. The molecule has 0 saturated carbocycles. The van der Waals surface area contributed by atoms with E-state index in [-0.39, 0.29) is 5.91 Å². The number of carbonyl (C=O) groups is 1. The first-order valence-electron chi connectivity index (χ1n) is 11.1. The van der Waals surface area contributed by atoms with Gasteiger partial charge >= 0.3 is 0 Å². The monoisotopic (exact) mass is 401 g/mol. The minimum Gasteiger partial charge on any atom is -0.352 e. The molecule has 1 amide bonds. The Bertz CT molecular complexity index is 967. The van der Waals surface area contributed by atoms with Gasteiger partial charge in [-0.2, -0.15) is 0 Å². The molecule has 2 aromatic carbocycles. The Morgan fingerprint density at radius 3 is 2.70 bits per heavy atom. The first kappa shape index (κ1) is 20.5. The van der Waals surface area contributed by atoms with Crippen molar-refractivity contribution in [1.82, 2.24) is 15.2 Å². The summed E-state index contributed by atoms with van der Waals surface area (Å²) in [6, 6.07) is 18.8. The Labute approximate surface area is 179 Å². The van der Waals surface area contributed by atoms with Crippen molar-refractivity contribution in [2.24, 2.45) is 11.8 Å². The van der Waals surface area contributed by atoms with Crippen molar-refractivity contribution in [1.29, 1.82) is 0 Å². The van der Waals surface area contributed by atoms with Gasteiger partial charge in [-0.25, -0.2) is 0 Å². The number of benzene rings is 2. The summed E-state index contributed by atoms with van der Waals surface area (Å²) in [5, 5.41) is 5.61. The lowest BCUT2D eigenvalue weighted by molar-refractivity contribution is -0.123. The minimum atomic E-state index is 0.175. The molecule has 0 spiro atoms. The molecule has 2 atom stereocenters. The van der Waals surface area contributed by atoms with E-state index < -0.39 is 0 Å². The highest BCUT2D eigenvalue weighted by molar-refractivity contribution is 5.86. The molecule has 4 nitrogen and oxygen atoms in total. The van der Waals surface area contributed by atoms with Crippen LogP contribution in [0.2, 0.25) is 0 Å². The zero-order chi connectivity index (χ0) is 20.8. The number of piperidine rings is 1. The van der Waals surface area contributed by atoms with Gasteiger partial charge in [0.05, 0.1) is 0 Å². The third kappa shape index (κ3) is 5.06. The lowest BCUT2D eigenvalue weighted by Gasteiger charge is -2.38. The van der Waals surface area contributed by atoms with Crippen LogP contribution in [-0.4, -0.2) is 28.9 Å². The average molecular weight is 402 g/mol. The van der Waals surface area contributed by atoms with Crippen molar-refractivity contribution in [2.45, 2.75) is 39.3 Å². The maximum Gasteiger partial charge on any atom is 0.220 e. The van der Waals surface area contributed by atoms with Crippen molar-refractivity contribution in [3.05, 3.63) is 78.1 Å². The van der Waals surface area contributed by atoms with Gasteiger partial charge in [0.2, 0.25) is 5.91 Å². The Morgan fingerprint density at radius 2 is 1.87 bits per heavy atom. The van der Waals surface area contributed by atoms with Crippen LogP contribution in [0.1, 0.15) is 37.3 Å². The van der Waals surface area contributed by atoms with E-state index in [0.717, 1.165) is 32.5 Å². The maximum atomic E-state index is 12.7. The number of pyridine rings is 1. The van der Waals surface area contributed by atoms with Gasteiger partial charge in [-0.05, 0) is 58.8 Å². The largest absolute Gasteiger partial charge is 0.352 e. The number of rotatable bonds is 7. The smallest absolute Gasteiger partial charge is 0.220 e. The number of hydrogen-bond acceptors (Lipinski definition) is 3. The summed E-state index contributed by atoms with van der Waals surface area (Å²) in [4.78, 5) is 19.4. The second-order valence-electron chi connectivity index (χ2n) is 8.43. The molecule has 30 heavy (non-hydrogen) atoms. The highest BCUT2D eigenvalue weighted by Gasteiger charge is 2.29. The van der Waals surface area contributed by atoms with Crippen molar-refractivity contribution < 1.29 is 4.79 Å². The van der Waals surface area contributed by atoms with Crippen LogP contribution in [-0.2, 0) is 17.9 Å². The molecule has 1 N–H and O–H groups in total. The van der Waals surface area contributed by atoms with E-state index in [2.05, 4.69) is 76.7 Å². The minimum absolute atomic E-state index is 0.175. The second-order valence-corrected chi connectivity index (χ2v) is 8.43. The fourth-order valence-electron chi connectivity index (χ4n) is 4.73. The maximum absolute atomic E-state index is 12.7. The number of nitrogens with one attached hydrogen (secondary N) is 1. The van der Waals surface area contributed by atoms with Crippen molar-refractivity contribution >= 4 is 16.7 Å². The van der Waals surface area contributed by atoms with Gasteiger partial charge < -0.3 is 5.32 Å². The van der Waals surface area contributed by atoms with Crippen LogP contribution in [0.25, 0.3) is 10.8 Å². The predicted octanol–water partition coefficient (Wildman–Crippen LogP) is 4.79. The summed E-state index contributed by atoms with van der Waals surface area (Å²) < 4.78 is 0. The van der Waals surface area contributed by atoms with E-state index in [1.165, 1.54) is 21.9 Å². The summed E-state index contributed by atoms with van der Waals surface area (Å²) >= 11 is 0. The molecule has 1 saturated heterocycles. The third-order valence-electron chi connectivity index (χ3n) is 6.46. The number of fused-ring (bicyclic) bond motifs is 1. The quantitative estimate of drug-likeness (QED) is 0.619. The molecular formula is C26H31N3O. The van der Waals surface area contributed by atoms with Crippen LogP contribution in [0, 0.1) is 11.8 Å².